The Morgan fingerprint density at radius 3 is 2.67 bits per heavy atom. The van der Waals surface area contributed by atoms with Crippen LogP contribution in [0.2, 0.25) is 0 Å². The molecule has 0 spiro atoms. The van der Waals surface area contributed by atoms with Crippen molar-refractivity contribution in [3.63, 3.8) is 0 Å². The molecule has 0 saturated carbocycles. The molecule has 1 saturated heterocycles. The fourth-order valence-electron chi connectivity index (χ4n) is 5.84. The summed E-state index contributed by atoms with van der Waals surface area (Å²) in [7, 11) is 3.42. The van der Waals surface area contributed by atoms with E-state index in [1.54, 1.807) is 14.2 Å². The van der Waals surface area contributed by atoms with Crippen molar-refractivity contribution < 1.29 is 23.7 Å². The molecule has 8 nitrogen and oxygen atoms in total. The van der Waals surface area contributed by atoms with Gasteiger partial charge in [-0.3, -0.25) is 4.79 Å². The molecule has 1 amide bonds. The summed E-state index contributed by atoms with van der Waals surface area (Å²) in [6.45, 7) is 4.94. The molecule has 224 valence electrons. The van der Waals surface area contributed by atoms with Crippen molar-refractivity contribution in [2.45, 2.75) is 50.5 Å². The summed E-state index contributed by atoms with van der Waals surface area (Å²) >= 11 is 0. The van der Waals surface area contributed by atoms with Crippen LogP contribution in [0.1, 0.15) is 41.9 Å². The van der Waals surface area contributed by atoms with Gasteiger partial charge < -0.3 is 34.5 Å². The third-order valence-electron chi connectivity index (χ3n) is 8.13. The van der Waals surface area contributed by atoms with Crippen LogP contribution >= 0.6 is 0 Å². The lowest BCUT2D eigenvalue weighted by atomic mass is 9.83. The molecule has 0 aromatic heterocycles. The largest absolute Gasteiger partial charge is 0.497 e. The van der Waals surface area contributed by atoms with Crippen molar-refractivity contribution in [3.8, 4) is 11.5 Å². The number of fused-ring (bicyclic) bond motifs is 1. The molecule has 3 aromatic rings. The SMILES string of the molecule is COCCCN1CCOc2ccc(CO[C@H]3CN[C@H](CC(=O)NCc4ccccc4)C[C@@H]3c3ccc(OC)cc3)cc21. The molecule has 2 heterocycles. The molecule has 42 heavy (non-hydrogen) atoms. The standard InChI is InChI=1S/C34H43N3O5/c1-39-17-6-15-37-16-18-41-32-14-9-26(19-31(32)37)24-42-33-23-35-28(20-30(33)27-10-12-29(40-2)13-11-27)21-34(38)36-22-25-7-4-3-5-8-25/h3-5,7-14,19,28,30,33,35H,6,15-18,20-24H2,1-2H3,(H,36,38)/t28-,30+,33-/m0/s1. The fourth-order valence-corrected chi connectivity index (χ4v) is 5.84. The van der Waals surface area contributed by atoms with Gasteiger partial charge >= 0.3 is 0 Å². The van der Waals surface area contributed by atoms with Crippen molar-refractivity contribution in [1.82, 2.24) is 10.6 Å². The minimum absolute atomic E-state index is 0.0351. The highest BCUT2D eigenvalue weighted by atomic mass is 16.5. The number of benzene rings is 3. The second kappa shape index (κ2) is 15.0. The molecule has 2 N–H and O–H groups in total. The molecule has 2 aliphatic heterocycles. The van der Waals surface area contributed by atoms with Crippen LogP contribution in [0.5, 0.6) is 11.5 Å². The highest BCUT2D eigenvalue weighted by Gasteiger charge is 2.33. The van der Waals surface area contributed by atoms with E-state index in [2.05, 4.69) is 45.9 Å². The summed E-state index contributed by atoms with van der Waals surface area (Å²) in [5.74, 6) is 1.95. The molecule has 3 atom stereocenters. The number of rotatable bonds is 13. The maximum Gasteiger partial charge on any atom is 0.221 e. The van der Waals surface area contributed by atoms with E-state index in [0.717, 1.165) is 60.9 Å². The monoisotopic (exact) mass is 573 g/mol. The smallest absolute Gasteiger partial charge is 0.221 e. The Morgan fingerprint density at radius 2 is 1.88 bits per heavy atom. The zero-order valence-electron chi connectivity index (χ0n) is 24.7. The molecule has 3 aromatic carbocycles. The Morgan fingerprint density at radius 1 is 1.05 bits per heavy atom. The zero-order chi connectivity index (χ0) is 29.1. The Bertz CT molecular complexity index is 1270. The summed E-state index contributed by atoms with van der Waals surface area (Å²) in [4.78, 5) is 15.2. The molecule has 0 bridgehead atoms. The second-order valence-corrected chi connectivity index (χ2v) is 11.0. The van der Waals surface area contributed by atoms with Crippen molar-refractivity contribution >= 4 is 11.6 Å². The van der Waals surface area contributed by atoms with Gasteiger partial charge in [-0.1, -0.05) is 48.5 Å². The quantitative estimate of drug-likeness (QED) is 0.288. The number of carbonyl (C=O) groups excluding carboxylic acids is 1. The van der Waals surface area contributed by atoms with E-state index in [0.29, 0.717) is 32.7 Å². The molecule has 0 radical (unpaired) electrons. The van der Waals surface area contributed by atoms with E-state index >= 15 is 0 Å². The van der Waals surface area contributed by atoms with Crippen molar-refractivity contribution in [3.05, 3.63) is 89.5 Å². The number of ether oxygens (including phenoxy) is 4. The lowest BCUT2D eigenvalue weighted by Gasteiger charge is -2.37. The van der Waals surface area contributed by atoms with Crippen LogP contribution in [0.15, 0.2) is 72.8 Å². The van der Waals surface area contributed by atoms with E-state index < -0.39 is 0 Å². The molecular weight excluding hydrogens is 530 g/mol. The number of hydrogen-bond acceptors (Lipinski definition) is 7. The van der Waals surface area contributed by atoms with E-state index in [9.17, 15) is 4.79 Å². The van der Waals surface area contributed by atoms with Gasteiger partial charge in [0.15, 0.2) is 0 Å². The number of anilines is 1. The highest BCUT2D eigenvalue weighted by molar-refractivity contribution is 5.76. The number of nitrogens with one attached hydrogen (secondary N) is 2. The van der Waals surface area contributed by atoms with Gasteiger partial charge in [-0.2, -0.15) is 0 Å². The van der Waals surface area contributed by atoms with Crippen LogP contribution in [-0.2, 0) is 27.4 Å². The van der Waals surface area contributed by atoms with Crippen LogP contribution in [0.3, 0.4) is 0 Å². The number of piperidine rings is 1. The first kappa shape index (κ1) is 29.9. The number of amides is 1. The van der Waals surface area contributed by atoms with E-state index in [1.807, 2.05) is 42.5 Å². The van der Waals surface area contributed by atoms with E-state index in [1.165, 1.54) is 5.56 Å². The van der Waals surface area contributed by atoms with E-state index in [4.69, 9.17) is 18.9 Å². The van der Waals surface area contributed by atoms with Gasteiger partial charge in [0.05, 0.1) is 32.1 Å². The third-order valence-corrected chi connectivity index (χ3v) is 8.13. The summed E-state index contributed by atoms with van der Waals surface area (Å²) in [6.07, 6.45) is 2.17. The first-order chi connectivity index (χ1) is 20.6. The summed E-state index contributed by atoms with van der Waals surface area (Å²) in [5.41, 5.74) is 4.53. The lowest BCUT2D eigenvalue weighted by molar-refractivity contribution is -0.122. The molecular formula is C34H43N3O5. The second-order valence-electron chi connectivity index (χ2n) is 11.0. The maximum atomic E-state index is 12.8. The van der Waals surface area contributed by atoms with Crippen LogP contribution in [0, 0.1) is 0 Å². The molecule has 0 unspecified atom stereocenters. The van der Waals surface area contributed by atoms with Crippen LogP contribution < -0.4 is 25.0 Å². The predicted octanol–water partition coefficient (Wildman–Crippen LogP) is 4.67. The van der Waals surface area contributed by atoms with Crippen LogP contribution in [-0.4, -0.2) is 65.1 Å². The fraction of sp³-hybridized carbons (Fsp3) is 0.441. The topological polar surface area (TPSA) is 81.3 Å². The lowest BCUT2D eigenvalue weighted by Crippen LogP contribution is -2.48. The van der Waals surface area contributed by atoms with Gasteiger partial charge in [-0.05, 0) is 53.8 Å². The average molecular weight is 574 g/mol. The summed E-state index contributed by atoms with van der Waals surface area (Å²) in [5, 5.41) is 6.66. The van der Waals surface area contributed by atoms with Crippen molar-refractivity contribution in [2.24, 2.45) is 0 Å². The van der Waals surface area contributed by atoms with Crippen LogP contribution in [0.4, 0.5) is 5.69 Å². The van der Waals surface area contributed by atoms with Gasteiger partial charge in [-0.15, -0.1) is 0 Å². The van der Waals surface area contributed by atoms with Gasteiger partial charge in [0, 0.05) is 51.7 Å². The van der Waals surface area contributed by atoms with Crippen molar-refractivity contribution in [2.75, 3.05) is 52.0 Å². The molecule has 1 fully saturated rings. The number of hydrogen-bond donors (Lipinski definition) is 2. The molecule has 2 aliphatic rings. The summed E-state index contributed by atoms with van der Waals surface area (Å²) < 4.78 is 23.2. The Kier molecular flexibility index (Phi) is 10.7. The number of carbonyl (C=O) groups is 1. The highest BCUT2D eigenvalue weighted by Crippen LogP contribution is 2.35. The first-order valence-electron chi connectivity index (χ1n) is 14.9. The summed E-state index contributed by atoms with van der Waals surface area (Å²) in [6, 6.07) is 24.6. The first-order valence-corrected chi connectivity index (χ1v) is 14.9. The Labute approximate surface area is 249 Å². The molecule has 5 rings (SSSR count). The minimum atomic E-state index is -0.0351. The minimum Gasteiger partial charge on any atom is -0.497 e. The Balaban J connectivity index is 1.23. The number of nitrogens with zero attached hydrogens (tertiary/aromatic N) is 1. The van der Waals surface area contributed by atoms with E-state index in [-0.39, 0.29) is 24.0 Å². The maximum absolute atomic E-state index is 12.8. The normalized spacial score (nSPS) is 20.0. The van der Waals surface area contributed by atoms with Gasteiger partial charge in [0.2, 0.25) is 5.91 Å². The van der Waals surface area contributed by atoms with Crippen molar-refractivity contribution in [1.29, 1.82) is 0 Å². The average Bonchev–Trinajstić information content (AvgIpc) is 3.04. The predicted molar refractivity (Wildman–Crippen MR) is 164 cm³/mol. The number of methoxy groups -OCH3 is 2. The zero-order valence-corrected chi connectivity index (χ0v) is 24.7. The third kappa shape index (κ3) is 8.03. The molecule has 0 aliphatic carbocycles. The van der Waals surface area contributed by atoms with Gasteiger partial charge in [0.1, 0.15) is 18.1 Å². The Hall–Kier alpha value is -3.59. The van der Waals surface area contributed by atoms with Gasteiger partial charge in [0.25, 0.3) is 0 Å². The molecule has 8 heteroatoms. The van der Waals surface area contributed by atoms with Crippen LogP contribution in [0.25, 0.3) is 0 Å². The van der Waals surface area contributed by atoms with Gasteiger partial charge in [-0.25, -0.2) is 0 Å².